The number of anilines is 1. The molecule has 0 atom stereocenters. The number of hydrogen-bond acceptors (Lipinski definition) is 4. The van der Waals surface area contributed by atoms with Gasteiger partial charge in [0.1, 0.15) is 23.0 Å². The van der Waals surface area contributed by atoms with Crippen LogP contribution in [0, 0.1) is 0 Å². The fourth-order valence-electron chi connectivity index (χ4n) is 1.18. The van der Waals surface area contributed by atoms with Crippen molar-refractivity contribution in [3.05, 3.63) is 29.3 Å². The van der Waals surface area contributed by atoms with Gasteiger partial charge in [-0.2, -0.15) is 0 Å². The van der Waals surface area contributed by atoms with Crippen LogP contribution in [0.4, 0.5) is 5.69 Å². The number of halogens is 1. The molecule has 0 heterocycles. The minimum absolute atomic E-state index is 0.639. The maximum atomic E-state index is 5.12. The summed E-state index contributed by atoms with van der Waals surface area (Å²) < 4.78 is 5.12. The van der Waals surface area contributed by atoms with Gasteiger partial charge in [0, 0.05) is 18.5 Å². The highest BCUT2D eigenvalue weighted by atomic mass is 127. The van der Waals surface area contributed by atoms with Crippen LogP contribution in [-0.4, -0.2) is 7.05 Å². The van der Waals surface area contributed by atoms with E-state index in [1.165, 1.54) is 21.9 Å². The predicted octanol–water partition coefficient (Wildman–Crippen LogP) is 3.67. The first-order valence-corrected chi connectivity index (χ1v) is 7.03. The third kappa shape index (κ3) is 3.52. The number of thiol groups is 1. The number of benzene rings is 1. The second kappa shape index (κ2) is 6.81. The molecule has 0 bridgehead atoms. The second-order valence-electron chi connectivity index (χ2n) is 2.76. The van der Waals surface area contributed by atoms with Crippen LogP contribution in [0.15, 0.2) is 18.2 Å². The quantitative estimate of drug-likeness (QED) is 0.485. The molecule has 1 aromatic carbocycles. The molecular formula is C9H12INOS2. The van der Waals surface area contributed by atoms with Gasteiger partial charge in [-0.3, -0.25) is 0 Å². The largest absolute Gasteiger partial charge is 0.388 e. The summed E-state index contributed by atoms with van der Waals surface area (Å²) in [6.07, 6.45) is 0. The molecule has 0 aliphatic rings. The van der Waals surface area contributed by atoms with Crippen molar-refractivity contribution in [3.8, 4) is 0 Å². The number of nitrogens with one attached hydrogen (secondary N) is 1. The van der Waals surface area contributed by atoms with Crippen LogP contribution in [0.5, 0.6) is 0 Å². The molecule has 0 aromatic heterocycles. The third-order valence-corrected chi connectivity index (χ3v) is 3.06. The monoisotopic (exact) mass is 341 g/mol. The molecule has 1 rings (SSSR count). The molecule has 78 valence electrons. The lowest BCUT2D eigenvalue weighted by atomic mass is 10.1. The summed E-state index contributed by atoms with van der Waals surface area (Å²) >= 11 is 6.07. The summed E-state index contributed by atoms with van der Waals surface area (Å²) in [4.78, 5) is 0. The van der Waals surface area contributed by atoms with Crippen molar-refractivity contribution in [1.82, 2.24) is 0 Å². The lowest BCUT2D eigenvalue weighted by Crippen LogP contribution is -1.95. The van der Waals surface area contributed by atoms with E-state index in [1.807, 2.05) is 30.1 Å². The summed E-state index contributed by atoms with van der Waals surface area (Å²) in [5.41, 5.74) is 3.61. The van der Waals surface area contributed by atoms with Crippen molar-refractivity contribution in [2.24, 2.45) is 0 Å². The van der Waals surface area contributed by atoms with Crippen LogP contribution >= 0.6 is 45.5 Å². The van der Waals surface area contributed by atoms with Crippen LogP contribution in [0.3, 0.4) is 0 Å². The summed E-state index contributed by atoms with van der Waals surface area (Å²) in [7, 11) is 3.44. The Labute approximate surface area is 108 Å². The van der Waals surface area contributed by atoms with Crippen LogP contribution in [-0.2, 0) is 15.4 Å². The summed E-state index contributed by atoms with van der Waals surface area (Å²) in [5.74, 6) is 0.905. The average molecular weight is 341 g/mol. The van der Waals surface area contributed by atoms with Gasteiger partial charge in [-0.15, -0.1) is 11.7 Å². The highest BCUT2D eigenvalue weighted by Crippen LogP contribution is 2.23. The van der Waals surface area contributed by atoms with Gasteiger partial charge in [0.15, 0.2) is 0 Å². The van der Waals surface area contributed by atoms with Gasteiger partial charge in [-0.25, -0.2) is 0 Å². The van der Waals surface area contributed by atoms with E-state index in [4.69, 9.17) is 3.07 Å². The maximum absolute atomic E-state index is 5.12. The molecule has 5 heteroatoms. The van der Waals surface area contributed by atoms with Gasteiger partial charge in [-0.05, 0) is 23.3 Å². The predicted molar refractivity (Wildman–Crippen MR) is 75.1 cm³/mol. The van der Waals surface area contributed by atoms with E-state index >= 15 is 0 Å². The zero-order valence-electron chi connectivity index (χ0n) is 7.79. The maximum Gasteiger partial charge on any atom is 0.110 e. The van der Waals surface area contributed by atoms with Crippen molar-refractivity contribution in [2.75, 3.05) is 12.4 Å². The fraction of sp³-hybridized carbons (Fsp3) is 0.333. The molecule has 0 amide bonds. The Morgan fingerprint density at radius 2 is 2.29 bits per heavy atom. The Bertz CT molecular complexity index is 296. The molecule has 2 nitrogen and oxygen atoms in total. The zero-order chi connectivity index (χ0) is 10.4. The average Bonchev–Trinajstić information content (AvgIpc) is 2.21. The van der Waals surface area contributed by atoms with Gasteiger partial charge in [-0.1, -0.05) is 16.9 Å². The van der Waals surface area contributed by atoms with E-state index < -0.39 is 0 Å². The molecule has 0 fully saturated rings. The van der Waals surface area contributed by atoms with E-state index in [-0.39, 0.29) is 0 Å². The van der Waals surface area contributed by atoms with Gasteiger partial charge < -0.3 is 8.38 Å². The molecule has 0 spiro atoms. The number of hydrogen-bond donors (Lipinski definition) is 2. The Balaban J connectivity index is 2.91. The molecular weight excluding hydrogens is 329 g/mol. The van der Waals surface area contributed by atoms with E-state index in [0.717, 1.165) is 11.4 Å². The molecule has 0 radical (unpaired) electrons. The molecule has 1 aromatic rings. The van der Waals surface area contributed by atoms with Gasteiger partial charge >= 0.3 is 0 Å². The summed E-state index contributed by atoms with van der Waals surface area (Å²) in [6.45, 7) is 0.639. The van der Waals surface area contributed by atoms with Crippen molar-refractivity contribution in [3.63, 3.8) is 0 Å². The van der Waals surface area contributed by atoms with E-state index in [1.54, 1.807) is 0 Å². The van der Waals surface area contributed by atoms with Crippen LogP contribution < -0.4 is 5.32 Å². The fourth-order valence-corrected chi connectivity index (χ4v) is 2.36. The SMILES string of the molecule is CNc1ccc(CSS)c(COI)c1. The molecule has 0 unspecified atom stereocenters. The normalized spacial score (nSPS) is 10.2. The molecule has 0 aliphatic carbocycles. The Morgan fingerprint density at radius 1 is 1.50 bits per heavy atom. The number of rotatable bonds is 5. The lowest BCUT2D eigenvalue weighted by molar-refractivity contribution is 0.417. The van der Waals surface area contributed by atoms with Gasteiger partial charge in [0.05, 0.1) is 6.61 Å². The summed E-state index contributed by atoms with van der Waals surface area (Å²) in [5, 5.41) is 3.11. The molecule has 14 heavy (non-hydrogen) atoms. The molecule has 0 aliphatic heterocycles. The van der Waals surface area contributed by atoms with Crippen molar-refractivity contribution in [1.29, 1.82) is 0 Å². The van der Waals surface area contributed by atoms with Crippen molar-refractivity contribution in [2.45, 2.75) is 12.4 Å². The third-order valence-electron chi connectivity index (χ3n) is 1.93. The standard InChI is InChI=1S/C9H12INOS2/c1-11-9-3-2-7(6-14-13)8(4-9)5-12-10/h2-4,11,13H,5-6H2,1H3. The highest BCUT2D eigenvalue weighted by molar-refractivity contribution is 14.1. The lowest BCUT2D eigenvalue weighted by Gasteiger charge is -2.09. The Hall–Kier alpha value is 0.410. The molecule has 1 N–H and O–H groups in total. The molecule has 0 saturated carbocycles. The van der Waals surface area contributed by atoms with Crippen molar-refractivity contribution < 1.29 is 3.07 Å². The van der Waals surface area contributed by atoms with E-state index in [2.05, 4.69) is 35.2 Å². The van der Waals surface area contributed by atoms with Crippen LogP contribution in [0.25, 0.3) is 0 Å². The highest BCUT2D eigenvalue weighted by Gasteiger charge is 2.03. The smallest absolute Gasteiger partial charge is 0.110 e. The first-order chi connectivity index (χ1) is 6.81. The first-order valence-electron chi connectivity index (χ1n) is 4.11. The van der Waals surface area contributed by atoms with E-state index in [0.29, 0.717) is 6.61 Å². The second-order valence-corrected chi connectivity index (χ2v) is 4.70. The van der Waals surface area contributed by atoms with Gasteiger partial charge in [0.25, 0.3) is 0 Å². The first kappa shape index (κ1) is 12.5. The minimum atomic E-state index is 0.639. The van der Waals surface area contributed by atoms with Gasteiger partial charge in [0.2, 0.25) is 0 Å². The zero-order valence-corrected chi connectivity index (χ0v) is 11.7. The van der Waals surface area contributed by atoms with Crippen LogP contribution in [0.1, 0.15) is 11.1 Å². The summed E-state index contributed by atoms with van der Waals surface area (Å²) in [6, 6.07) is 6.29. The molecule has 0 saturated heterocycles. The van der Waals surface area contributed by atoms with Crippen LogP contribution in [0.2, 0.25) is 0 Å². The topological polar surface area (TPSA) is 21.3 Å². The Morgan fingerprint density at radius 3 is 2.86 bits per heavy atom. The Kier molecular flexibility index (Phi) is 6.07. The van der Waals surface area contributed by atoms with Crippen molar-refractivity contribution >= 4 is 51.1 Å². The minimum Gasteiger partial charge on any atom is -0.388 e. The van der Waals surface area contributed by atoms with E-state index in [9.17, 15) is 0 Å².